The quantitative estimate of drug-likeness (QED) is 0.586. The van der Waals surface area contributed by atoms with Crippen molar-refractivity contribution >= 4 is 22.2 Å². The highest BCUT2D eigenvalue weighted by Gasteiger charge is 2.43. The number of hydrogen-bond acceptors (Lipinski definition) is 1. The molecule has 0 saturated carbocycles. The molecule has 2 heterocycles. The van der Waals surface area contributed by atoms with Gasteiger partial charge in [0.05, 0.1) is 5.41 Å². The van der Waals surface area contributed by atoms with E-state index in [1.807, 2.05) is 13.8 Å². The lowest BCUT2D eigenvalue weighted by atomic mass is 9.79. The summed E-state index contributed by atoms with van der Waals surface area (Å²) in [7, 11) is 2.16. The Kier molecular flexibility index (Phi) is 4.15. The second-order valence-electron chi connectivity index (χ2n) is 7.89. The van der Waals surface area contributed by atoms with Gasteiger partial charge in [-0.2, -0.15) is 4.58 Å². The highest BCUT2D eigenvalue weighted by molar-refractivity contribution is 6.07. The van der Waals surface area contributed by atoms with E-state index in [-0.39, 0.29) is 5.41 Å². The summed E-state index contributed by atoms with van der Waals surface area (Å²) >= 11 is 0. The van der Waals surface area contributed by atoms with Crippen molar-refractivity contribution in [1.82, 2.24) is 0 Å². The third kappa shape index (κ3) is 2.95. The zero-order valence-electron chi connectivity index (χ0n) is 16.7. The van der Waals surface area contributed by atoms with Crippen molar-refractivity contribution in [2.75, 3.05) is 7.05 Å². The molecule has 0 aliphatic carbocycles. The average Bonchev–Trinajstić information content (AvgIpc) is 2.81. The molecule has 0 fully saturated rings. The van der Waals surface area contributed by atoms with Crippen molar-refractivity contribution in [2.45, 2.75) is 33.1 Å². The minimum Gasteiger partial charge on any atom is -0.467 e. The van der Waals surface area contributed by atoms with Gasteiger partial charge in [0.25, 0.3) is 0 Å². The Morgan fingerprint density at radius 2 is 1.67 bits per heavy atom. The normalized spacial score (nSPS) is 18.5. The van der Waals surface area contributed by atoms with Gasteiger partial charge in [0, 0.05) is 17.7 Å². The number of benzene rings is 2. The van der Waals surface area contributed by atoms with Crippen LogP contribution in [0.4, 0.5) is 5.69 Å². The fourth-order valence-corrected chi connectivity index (χ4v) is 4.36. The molecule has 136 valence electrons. The van der Waals surface area contributed by atoms with Crippen LogP contribution in [0.5, 0.6) is 0 Å². The standard InChI is InChI=1S/C25H26NO/c1-17-15-19(16-18(2)27-17)9-8-12-23-25(3,4)24-21-11-7-6-10-20(21)13-14-22(24)26(23)5/h6-16H,1-5H3/q+1/b12-8+. The van der Waals surface area contributed by atoms with E-state index >= 15 is 0 Å². The van der Waals surface area contributed by atoms with Crippen LogP contribution in [-0.2, 0) is 10.2 Å². The molecule has 2 heteroatoms. The van der Waals surface area contributed by atoms with E-state index in [1.165, 1.54) is 27.7 Å². The third-order valence-corrected chi connectivity index (χ3v) is 5.50. The number of allylic oxidation sites excluding steroid dienone is 8. The summed E-state index contributed by atoms with van der Waals surface area (Å²) in [5, 5.41) is 2.64. The smallest absolute Gasteiger partial charge is 0.210 e. The van der Waals surface area contributed by atoms with Gasteiger partial charge in [0.15, 0.2) is 5.71 Å². The molecule has 0 radical (unpaired) electrons. The molecule has 2 aliphatic heterocycles. The van der Waals surface area contributed by atoms with Gasteiger partial charge < -0.3 is 4.74 Å². The highest BCUT2D eigenvalue weighted by atomic mass is 16.5. The lowest BCUT2D eigenvalue weighted by Crippen LogP contribution is -2.26. The van der Waals surface area contributed by atoms with Crippen LogP contribution in [0.3, 0.4) is 0 Å². The maximum atomic E-state index is 5.57. The summed E-state index contributed by atoms with van der Waals surface area (Å²) in [4.78, 5) is 0. The molecule has 0 N–H and O–H groups in total. The van der Waals surface area contributed by atoms with Crippen LogP contribution in [0.2, 0.25) is 0 Å². The minimum atomic E-state index is -0.0485. The van der Waals surface area contributed by atoms with Gasteiger partial charge in [-0.05, 0) is 62.3 Å². The maximum Gasteiger partial charge on any atom is 0.210 e. The second-order valence-corrected chi connectivity index (χ2v) is 7.89. The van der Waals surface area contributed by atoms with Crippen LogP contribution >= 0.6 is 0 Å². The minimum absolute atomic E-state index is 0.0485. The molecule has 2 nitrogen and oxygen atoms in total. The van der Waals surface area contributed by atoms with E-state index in [1.54, 1.807) is 0 Å². The number of rotatable bonds is 2. The molecule has 0 atom stereocenters. The average molecular weight is 356 g/mol. The van der Waals surface area contributed by atoms with Gasteiger partial charge >= 0.3 is 0 Å². The van der Waals surface area contributed by atoms with Gasteiger partial charge in [0.1, 0.15) is 18.6 Å². The number of nitrogens with zero attached hydrogens (tertiary/aromatic N) is 1. The second kappa shape index (κ2) is 6.38. The predicted octanol–water partition coefficient (Wildman–Crippen LogP) is 6.17. The SMILES string of the molecule is CC1=CC(=C/C=C/C2=[N+](C)c3ccc4ccccc4c3C2(C)C)C=C(C)O1. The third-order valence-electron chi connectivity index (χ3n) is 5.50. The van der Waals surface area contributed by atoms with Gasteiger partial charge in [0.2, 0.25) is 5.69 Å². The zero-order chi connectivity index (χ0) is 19.2. The van der Waals surface area contributed by atoms with E-state index in [0.29, 0.717) is 0 Å². The van der Waals surface area contributed by atoms with Crippen LogP contribution in [0, 0.1) is 0 Å². The molecule has 0 bridgehead atoms. The van der Waals surface area contributed by atoms with E-state index in [2.05, 4.69) is 92.2 Å². The van der Waals surface area contributed by atoms with Crippen LogP contribution < -0.4 is 0 Å². The summed E-state index contributed by atoms with van der Waals surface area (Å²) in [6, 6.07) is 13.1. The Bertz CT molecular complexity index is 1070. The lowest BCUT2D eigenvalue weighted by molar-refractivity contribution is -0.401. The van der Waals surface area contributed by atoms with Crippen molar-refractivity contribution in [3.63, 3.8) is 0 Å². The first-order valence-electron chi connectivity index (χ1n) is 9.44. The molecule has 0 amide bonds. The Balaban J connectivity index is 1.75. The summed E-state index contributed by atoms with van der Waals surface area (Å²) in [5.41, 5.74) is 5.12. The van der Waals surface area contributed by atoms with Crippen molar-refractivity contribution in [1.29, 1.82) is 0 Å². The lowest BCUT2D eigenvalue weighted by Gasteiger charge is -2.17. The highest BCUT2D eigenvalue weighted by Crippen LogP contribution is 2.43. The first-order valence-corrected chi connectivity index (χ1v) is 9.44. The van der Waals surface area contributed by atoms with E-state index in [0.717, 1.165) is 17.1 Å². The molecule has 0 saturated heterocycles. The summed E-state index contributed by atoms with van der Waals surface area (Å²) in [6.07, 6.45) is 10.7. The fourth-order valence-electron chi connectivity index (χ4n) is 4.36. The fraction of sp³-hybridized carbons (Fsp3) is 0.240. The molecule has 2 aliphatic rings. The molecule has 2 aromatic carbocycles. The first kappa shape index (κ1) is 17.5. The number of hydrogen-bond donors (Lipinski definition) is 0. The topological polar surface area (TPSA) is 12.2 Å². The van der Waals surface area contributed by atoms with Gasteiger partial charge in [-0.15, -0.1) is 0 Å². The van der Waals surface area contributed by atoms with E-state index in [9.17, 15) is 0 Å². The first-order chi connectivity index (χ1) is 12.9. The van der Waals surface area contributed by atoms with Crippen molar-refractivity contribution in [2.24, 2.45) is 0 Å². The molecule has 0 aromatic heterocycles. The molecule has 4 rings (SSSR count). The number of fused-ring (bicyclic) bond motifs is 3. The Hall–Kier alpha value is -2.87. The molecule has 0 spiro atoms. The summed E-state index contributed by atoms with van der Waals surface area (Å²) in [6.45, 7) is 8.60. The van der Waals surface area contributed by atoms with Gasteiger partial charge in [-0.3, -0.25) is 0 Å². The van der Waals surface area contributed by atoms with Crippen LogP contribution in [-0.4, -0.2) is 17.3 Å². The van der Waals surface area contributed by atoms with E-state index < -0.39 is 0 Å². The number of ether oxygens (including phenoxy) is 1. The van der Waals surface area contributed by atoms with Crippen molar-refractivity contribution < 1.29 is 9.31 Å². The van der Waals surface area contributed by atoms with E-state index in [4.69, 9.17) is 4.74 Å². The molecular formula is C25H26NO+. The Morgan fingerprint density at radius 3 is 2.41 bits per heavy atom. The van der Waals surface area contributed by atoms with Crippen LogP contribution in [0.15, 0.2) is 83.9 Å². The van der Waals surface area contributed by atoms with Crippen molar-refractivity contribution in [3.05, 3.63) is 89.4 Å². The monoisotopic (exact) mass is 356 g/mol. The van der Waals surface area contributed by atoms with Gasteiger partial charge in [-0.1, -0.05) is 36.4 Å². The van der Waals surface area contributed by atoms with Gasteiger partial charge in [-0.25, -0.2) is 0 Å². The Labute approximate surface area is 161 Å². The zero-order valence-corrected chi connectivity index (χ0v) is 16.7. The summed E-state index contributed by atoms with van der Waals surface area (Å²) < 4.78 is 7.90. The Morgan fingerprint density at radius 1 is 0.963 bits per heavy atom. The molecule has 2 aromatic rings. The van der Waals surface area contributed by atoms with Crippen LogP contribution in [0.25, 0.3) is 10.8 Å². The largest absolute Gasteiger partial charge is 0.467 e. The van der Waals surface area contributed by atoms with Crippen LogP contribution in [0.1, 0.15) is 33.3 Å². The maximum absolute atomic E-state index is 5.57. The predicted molar refractivity (Wildman–Crippen MR) is 114 cm³/mol. The molecular weight excluding hydrogens is 330 g/mol. The summed E-state index contributed by atoms with van der Waals surface area (Å²) in [5.74, 6) is 1.86. The van der Waals surface area contributed by atoms with Crippen molar-refractivity contribution in [3.8, 4) is 0 Å². The molecule has 27 heavy (non-hydrogen) atoms. The molecule has 0 unspecified atom stereocenters.